The zero-order valence-electron chi connectivity index (χ0n) is 10.1. The highest BCUT2D eigenvalue weighted by atomic mass is 79.9. The molecule has 1 N–H and O–H groups in total. The minimum Gasteiger partial charge on any atom is -0.197 e. The van der Waals surface area contributed by atoms with Crippen molar-refractivity contribution in [2.45, 2.75) is 32.2 Å². The van der Waals surface area contributed by atoms with Gasteiger partial charge in [0.05, 0.1) is 0 Å². The first kappa shape index (κ1) is 14.5. The van der Waals surface area contributed by atoms with Crippen molar-refractivity contribution in [3.05, 3.63) is 20.8 Å². The van der Waals surface area contributed by atoms with Crippen LogP contribution in [0, 0.1) is 0 Å². The van der Waals surface area contributed by atoms with Crippen LogP contribution in [0.2, 0.25) is 0 Å². The Hall–Kier alpha value is 0.0500. The molecule has 2 rings (SSSR count). The zero-order valence-corrected chi connectivity index (χ0v) is 13.3. The second-order valence-corrected chi connectivity index (χ2v) is 8.04. The molecule has 0 aromatic carbocycles. The van der Waals surface area contributed by atoms with E-state index in [9.17, 15) is 8.42 Å². The molecule has 1 aliphatic rings. The molecule has 0 radical (unpaired) electrons. The summed E-state index contributed by atoms with van der Waals surface area (Å²) in [4.78, 5) is 1.01. The van der Waals surface area contributed by atoms with E-state index >= 15 is 0 Å². The van der Waals surface area contributed by atoms with Crippen LogP contribution in [0.1, 0.15) is 30.6 Å². The van der Waals surface area contributed by atoms with E-state index in [1.807, 2.05) is 11.4 Å². The van der Waals surface area contributed by atoms with Gasteiger partial charge in [0.1, 0.15) is 0 Å². The fraction of sp³-hybridized carbons (Fsp3) is 0.636. The third-order valence-electron chi connectivity index (χ3n) is 2.96. The third-order valence-corrected chi connectivity index (χ3v) is 6.21. The summed E-state index contributed by atoms with van der Waals surface area (Å²) in [6.07, 6.45) is 4.19. The van der Waals surface area contributed by atoms with E-state index in [4.69, 9.17) is 0 Å². The predicted molar refractivity (Wildman–Crippen MR) is 77.8 cm³/mol. The number of thiophene rings is 1. The first-order valence-electron chi connectivity index (χ1n) is 6.05. The van der Waals surface area contributed by atoms with Gasteiger partial charge in [-0.3, -0.25) is 0 Å². The van der Waals surface area contributed by atoms with Gasteiger partial charge in [-0.1, -0.05) is 12.8 Å². The van der Waals surface area contributed by atoms with Crippen molar-refractivity contribution in [1.82, 2.24) is 9.03 Å². The quantitative estimate of drug-likeness (QED) is 0.905. The molecule has 1 aliphatic heterocycles. The Labute approximate surface area is 121 Å². The van der Waals surface area contributed by atoms with E-state index in [2.05, 4.69) is 20.7 Å². The molecule has 1 saturated heterocycles. The Kier molecular flexibility index (Phi) is 5.20. The summed E-state index contributed by atoms with van der Waals surface area (Å²) in [7, 11) is -3.32. The van der Waals surface area contributed by atoms with E-state index < -0.39 is 10.2 Å². The van der Waals surface area contributed by atoms with E-state index in [0.717, 1.165) is 35.0 Å². The highest BCUT2D eigenvalue weighted by Crippen LogP contribution is 2.20. The molecule has 0 bridgehead atoms. The summed E-state index contributed by atoms with van der Waals surface area (Å²) >= 11 is 4.91. The predicted octanol–water partition coefficient (Wildman–Crippen LogP) is 2.72. The van der Waals surface area contributed by atoms with Crippen LogP contribution < -0.4 is 4.72 Å². The Bertz CT molecular complexity index is 479. The maximum Gasteiger partial charge on any atom is 0.279 e. The van der Waals surface area contributed by atoms with Gasteiger partial charge in [-0.15, -0.1) is 11.3 Å². The molecule has 2 heterocycles. The van der Waals surface area contributed by atoms with Gasteiger partial charge in [-0.2, -0.15) is 17.4 Å². The van der Waals surface area contributed by atoms with Gasteiger partial charge in [0.25, 0.3) is 10.2 Å². The van der Waals surface area contributed by atoms with Gasteiger partial charge >= 0.3 is 0 Å². The maximum absolute atomic E-state index is 12.1. The monoisotopic (exact) mass is 352 g/mol. The molecule has 1 aromatic rings. The van der Waals surface area contributed by atoms with Crippen LogP contribution >= 0.6 is 27.3 Å². The Morgan fingerprint density at radius 1 is 1.28 bits per heavy atom. The van der Waals surface area contributed by atoms with E-state index in [0.29, 0.717) is 19.6 Å². The van der Waals surface area contributed by atoms with Crippen molar-refractivity contribution in [2.24, 2.45) is 0 Å². The van der Waals surface area contributed by atoms with Gasteiger partial charge < -0.3 is 0 Å². The lowest BCUT2D eigenvalue weighted by molar-refractivity contribution is 0.415. The van der Waals surface area contributed by atoms with Crippen molar-refractivity contribution in [2.75, 3.05) is 13.1 Å². The second kappa shape index (κ2) is 6.47. The second-order valence-electron chi connectivity index (χ2n) is 4.37. The number of rotatable bonds is 4. The SMILES string of the molecule is O=S(=O)(NCc1cc(Br)cs1)N1CCCCCC1. The molecule has 4 nitrogen and oxygen atoms in total. The molecule has 102 valence electrons. The molecule has 0 atom stereocenters. The largest absolute Gasteiger partial charge is 0.279 e. The lowest BCUT2D eigenvalue weighted by atomic mass is 10.2. The summed E-state index contributed by atoms with van der Waals surface area (Å²) in [6, 6.07) is 1.94. The molecular weight excluding hydrogens is 336 g/mol. The Morgan fingerprint density at radius 3 is 2.50 bits per heavy atom. The van der Waals surface area contributed by atoms with Crippen LogP contribution in [0.3, 0.4) is 0 Å². The average Bonchev–Trinajstić information content (AvgIpc) is 2.59. The molecule has 7 heteroatoms. The Morgan fingerprint density at radius 2 is 1.94 bits per heavy atom. The van der Waals surface area contributed by atoms with Crippen molar-refractivity contribution in [3.63, 3.8) is 0 Å². The number of hydrogen-bond acceptors (Lipinski definition) is 3. The topological polar surface area (TPSA) is 49.4 Å². The number of hydrogen-bond donors (Lipinski definition) is 1. The first-order valence-corrected chi connectivity index (χ1v) is 9.17. The van der Waals surface area contributed by atoms with Crippen molar-refractivity contribution < 1.29 is 8.42 Å². The summed E-state index contributed by atoms with van der Waals surface area (Å²) in [6.45, 7) is 1.65. The van der Waals surface area contributed by atoms with Crippen molar-refractivity contribution in [3.8, 4) is 0 Å². The van der Waals surface area contributed by atoms with Crippen molar-refractivity contribution in [1.29, 1.82) is 0 Å². The van der Waals surface area contributed by atoms with Crippen LogP contribution in [0.15, 0.2) is 15.9 Å². The van der Waals surface area contributed by atoms with Gasteiger partial charge in [0.15, 0.2) is 0 Å². The lowest BCUT2D eigenvalue weighted by Crippen LogP contribution is -2.40. The van der Waals surface area contributed by atoms with Gasteiger partial charge in [-0.05, 0) is 34.8 Å². The van der Waals surface area contributed by atoms with Gasteiger partial charge in [0.2, 0.25) is 0 Å². The molecule has 0 unspecified atom stereocenters. The van der Waals surface area contributed by atoms with Gasteiger partial charge in [0, 0.05) is 34.4 Å². The maximum atomic E-state index is 12.1. The molecular formula is C11H17BrN2O2S2. The number of nitrogens with one attached hydrogen (secondary N) is 1. The molecule has 0 aliphatic carbocycles. The van der Waals surface area contributed by atoms with Crippen LogP contribution in [-0.2, 0) is 16.8 Å². The minimum atomic E-state index is -3.32. The third kappa shape index (κ3) is 4.03. The average molecular weight is 353 g/mol. The van der Waals surface area contributed by atoms with E-state index in [1.165, 1.54) is 0 Å². The molecule has 0 amide bonds. The Balaban J connectivity index is 1.93. The van der Waals surface area contributed by atoms with Crippen LogP contribution in [0.25, 0.3) is 0 Å². The van der Waals surface area contributed by atoms with Gasteiger partial charge in [-0.25, -0.2) is 0 Å². The molecule has 1 aromatic heterocycles. The molecule has 0 saturated carbocycles. The smallest absolute Gasteiger partial charge is 0.197 e. The fourth-order valence-corrected chi connectivity index (χ4v) is 4.72. The standard InChI is InChI=1S/C11H17BrN2O2S2/c12-10-7-11(17-9-10)8-13-18(15,16)14-5-3-1-2-4-6-14/h7,9,13H,1-6,8H2. The number of nitrogens with zero attached hydrogens (tertiary/aromatic N) is 1. The minimum absolute atomic E-state index is 0.370. The van der Waals surface area contributed by atoms with Crippen LogP contribution in [0.4, 0.5) is 0 Å². The van der Waals surface area contributed by atoms with E-state index in [-0.39, 0.29) is 0 Å². The summed E-state index contributed by atoms with van der Waals surface area (Å²) in [5.41, 5.74) is 0. The summed E-state index contributed by atoms with van der Waals surface area (Å²) < 4.78 is 29.5. The lowest BCUT2D eigenvalue weighted by Gasteiger charge is -2.19. The highest BCUT2D eigenvalue weighted by Gasteiger charge is 2.22. The molecule has 18 heavy (non-hydrogen) atoms. The highest BCUT2D eigenvalue weighted by molar-refractivity contribution is 9.10. The molecule has 0 spiro atoms. The fourth-order valence-electron chi connectivity index (χ4n) is 1.98. The zero-order chi connectivity index (χ0) is 13.0. The summed E-state index contributed by atoms with van der Waals surface area (Å²) in [5, 5.41) is 1.95. The summed E-state index contributed by atoms with van der Waals surface area (Å²) in [5.74, 6) is 0. The van der Waals surface area contributed by atoms with Crippen LogP contribution in [-0.4, -0.2) is 25.8 Å². The molecule has 1 fully saturated rings. The number of halogens is 1. The van der Waals surface area contributed by atoms with E-state index in [1.54, 1.807) is 15.6 Å². The first-order chi connectivity index (χ1) is 8.58. The van der Waals surface area contributed by atoms with Crippen LogP contribution in [0.5, 0.6) is 0 Å². The normalized spacial score (nSPS) is 18.7. The van der Waals surface area contributed by atoms with Crippen molar-refractivity contribution >= 4 is 37.5 Å².